The van der Waals surface area contributed by atoms with Gasteiger partial charge in [0.2, 0.25) is 5.82 Å². The number of fused-ring (bicyclic) bond motifs is 1. The van der Waals surface area contributed by atoms with Crippen LogP contribution in [0, 0.1) is 11.3 Å². The van der Waals surface area contributed by atoms with E-state index in [-0.39, 0.29) is 17.0 Å². The molecule has 0 radical (unpaired) electrons. The lowest BCUT2D eigenvalue weighted by molar-refractivity contribution is 0.717. The monoisotopic (exact) mass is 308 g/mol. The summed E-state index contributed by atoms with van der Waals surface area (Å²) < 4.78 is 1.54. The molecule has 3 rings (SSSR count). The van der Waals surface area contributed by atoms with Crippen molar-refractivity contribution in [2.75, 3.05) is 5.32 Å². The van der Waals surface area contributed by atoms with Gasteiger partial charge in [0.25, 0.3) is 5.56 Å². The first-order valence-corrected chi connectivity index (χ1v) is 6.82. The van der Waals surface area contributed by atoms with E-state index < -0.39 is 0 Å². The fourth-order valence-electron chi connectivity index (χ4n) is 2.05. The quantitative estimate of drug-likeness (QED) is 0.686. The summed E-state index contributed by atoms with van der Waals surface area (Å²) in [5.74, 6) is 0.199. The Bertz CT molecular complexity index is 965. The number of aromatic amines is 1. The number of nitrogens with zero attached hydrogens (tertiary/aromatic N) is 6. The van der Waals surface area contributed by atoms with Crippen LogP contribution in [0.2, 0.25) is 0 Å². The minimum Gasteiger partial charge on any atom is -0.360 e. The van der Waals surface area contributed by atoms with Gasteiger partial charge in [-0.1, -0.05) is 0 Å². The maximum Gasteiger partial charge on any atom is 0.261 e. The third kappa shape index (κ3) is 2.77. The Morgan fingerprint density at radius 1 is 1.52 bits per heavy atom. The number of hydrogen-bond acceptors (Lipinski definition) is 7. The zero-order chi connectivity index (χ0) is 16.2. The van der Waals surface area contributed by atoms with Crippen LogP contribution in [0.5, 0.6) is 0 Å². The molecular weight excluding hydrogens is 296 g/mol. The Morgan fingerprint density at radius 2 is 2.39 bits per heavy atom. The first kappa shape index (κ1) is 14.4. The largest absolute Gasteiger partial charge is 0.360 e. The number of nitrogens with one attached hydrogen (secondary N) is 2. The molecule has 0 atom stereocenters. The second-order valence-electron chi connectivity index (χ2n) is 4.62. The van der Waals surface area contributed by atoms with Crippen molar-refractivity contribution < 1.29 is 0 Å². The van der Waals surface area contributed by atoms with Crippen LogP contribution in [0.25, 0.3) is 16.5 Å². The molecule has 23 heavy (non-hydrogen) atoms. The Balaban J connectivity index is 1.93. The van der Waals surface area contributed by atoms with E-state index in [2.05, 4.69) is 30.9 Å². The third-order valence-electron chi connectivity index (χ3n) is 3.26. The van der Waals surface area contributed by atoms with E-state index in [4.69, 9.17) is 5.26 Å². The maximum atomic E-state index is 12.2. The third-order valence-corrected chi connectivity index (χ3v) is 3.26. The van der Waals surface area contributed by atoms with Crippen LogP contribution < -0.4 is 10.9 Å². The molecule has 0 unspecified atom stereocenters. The molecule has 0 spiro atoms. The zero-order valence-electron chi connectivity index (χ0n) is 12.2. The number of anilines is 1. The number of rotatable bonds is 4. The van der Waals surface area contributed by atoms with Gasteiger partial charge in [-0.2, -0.15) is 10.5 Å². The predicted octanol–water partition coefficient (Wildman–Crippen LogP) is 0.906. The van der Waals surface area contributed by atoms with Gasteiger partial charge in [-0.05, 0) is 30.3 Å². The number of allylic oxidation sites excluding steroid dienone is 1. The zero-order valence-corrected chi connectivity index (χ0v) is 12.2. The van der Waals surface area contributed by atoms with Crippen LogP contribution >= 0.6 is 0 Å². The van der Waals surface area contributed by atoms with Crippen molar-refractivity contribution in [2.24, 2.45) is 0 Å². The SMILES string of the molecule is CCn1cnc2cc(NC=C(C#N)c3nn[nH]n3)ccc2c1=O. The second-order valence-corrected chi connectivity index (χ2v) is 4.62. The summed E-state index contributed by atoms with van der Waals surface area (Å²) in [5, 5.41) is 25.8. The van der Waals surface area contributed by atoms with Crippen molar-refractivity contribution in [2.45, 2.75) is 13.5 Å². The van der Waals surface area contributed by atoms with E-state index >= 15 is 0 Å². The molecule has 2 N–H and O–H groups in total. The van der Waals surface area contributed by atoms with Crippen LogP contribution in [0.15, 0.2) is 35.5 Å². The summed E-state index contributed by atoms with van der Waals surface area (Å²) in [6.45, 7) is 2.46. The van der Waals surface area contributed by atoms with Crippen molar-refractivity contribution in [1.82, 2.24) is 30.2 Å². The van der Waals surface area contributed by atoms with E-state index in [0.717, 1.165) is 0 Å². The molecule has 0 saturated carbocycles. The molecule has 2 aromatic heterocycles. The highest BCUT2D eigenvalue weighted by atomic mass is 16.1. The van der Waals surface area contributed by atoms with Crippen molar-refractivity contribution in [1.29, 1.82) is 5.26 Å². The molecule has 0 amide bonds. The summed E-state index contributed by atoms with van der Waals surface area (Å²) in [6, 6.07) is 7.16. The molecule has 0 aliphatic carbocycles. The lowest BCUT2D eigenvalue weighted by Crippen LogP contribution is -2.19. The van der Waals surface area contributed by atoms with Gasteiger partial charge in [0, 0.05) is 18.4 Å². The minimum atomic E-state index is -0.0795. The molecule has 3 aromatic rings. The number of nitriles is 1. The number of H-pyrrole nitrogens is 1. The Morgan fingerprint density at radius 3 is 3.09 bits per heavy atom. The van der Waals surface area contributed by atoms with Crippen molar-refractivity contribution in [3.05, 3.63) is 46.9 Å². The normalized spacial score (nSPS) is 11.4. The molecule has 0 saturated heterocycles. The summed E-state index contributed by atoms with van der Waals surface area (Å²) in [5.41, 5.74) is 1.42. The molecule has 9 nitrogen and oxygen atoms in total. The predicted molar refractivity (Wildman–Crippen MR) is 83.1 cm³/mol. The molecule has 0 aliphatic rings. The summed E-state index contributed by atoms with van der Waals surface area (Å²) in [6.07, 6.45) is 2.99. The maximum absolute atomic E-state index is 12.2. The van der Waals surface area contributed by atoms with Crippen molar-refractivity contribution in [3.63, 3.8) is 0 Å². The van der Waals surface area contributed by atoms with E-state index in [9.17, 15) is 4.79 Å². The standard InChI is InChI=1S/C14H12N8O/c1-2-22-8-17-12-5-10(3-4-11(12)14(22)23)16-7-9(6-15)13-18-20-21-19-13/h3-5,7-8,16H,2H2,1H3,(H,18,19,20,21). The fraction of sp³-hybridized carbons (Fsp3) is 0.143. The van der Waals surface area contributed by atoms with E-state index in [0.29, 0.717) is 23.1 Å². The van der Waals surface area contributed by atoms with Crippen molar-refractivity contribution >= 4 is 22.2 Å². The first-order valence-electron chi connectivity index (χ1n) is 6.82. The lowest BCUT2D eigenvalue weighted by Gasteiger charge is -2.05. The summed E-state index contributed by atoms with van der Waals surface area (Å²) >= 11 is 0. The van der Waals surface area contributed by atoms with Gasteiger partial charge in [-0.25, -0.2) is 4.98 Å². The van der Waals surface area contributed by atoms with Crippen molar-refractivity contribution in [3.8, 4) is 6.07 Å². The smallest absolute Gasteiger partial charge is 0.261 e. The van der Waals surface area contributed by atoms with E-state index in [1.807, 2.05) is 13.0 Å². The molecule has 114 valence electrons. The Hall–Kier alpha value is -3.54. The number of tetrazole rings is 1. The highest BCUT2D eigenvalue weighted by Crippen LogP contribution is 2.15. The summed E-state index contributed by atoms with van der Waals surface area (Å²) in [7, 11) is 0. The second kappa shape index (κ2) is 6.07. The van der Waals surface area contributed by atoms with Gasteiger partial charge in [-0.15, -0.1) is 10.2 Å². The van der Waals surface area contributed by atoms with E-state index in [1.54, 1.807) is 22.8 Å². The molecule has 2 heterocycles. The number of hydrogen-bond donors (Lipinski definition) is 2. The lowest BCUT2D eigenvalue weighted by atomic mass is 10.2. The van der Waals surface area contributed by atoms with Gasteiger partial charge in [0.15, 0.2) is 0 Å². The Labute approximate surface area is 130 Å². The molecular formula is C14H12N8O. The number of benzene rings is 1. The first-order chi connectivity index (χ1) is 11.2. The molecule has 0 fully saturated rings. The molecule has 9 heteroatoms. The Kier molecular flexibility index (Phi) is 3.80. The molecule has 0 bridgehead atoms. The van der Waals surface area contributed by atoms with Gasteiger partial charge in [0.05, 0.1) is 17.2 Å². The van der Waals surface area contributed by atoms with Crippen LogP contribution in [0.4, 0.5) is 5.69 Å². The van der Waals surface area contributed by atoms with Gasteiger partial charge in [-0.3, -0.25) is 9.36 Å². The molecule has 1 aromatic carbocycles. The summed E-state index contributed by atoms with van der Waals surface area (Å²) in [4.78, 5) is 16.4. The highest BCUT2D eigenvalue weighted by molar-refractivity contribution is 5.82. The fourth-order valence-corrected chi connectivity index (χ4v) is 2.05. The van der Waals surface area contributed by atoms with Crippen LogP contribution in [-0.2, 0) is 6.54 Å². The average molecular weight is 308 g/mol. The van der Waals surface area contributed by atoms with Crippen LogP contribution in [0.3, 0.4) is 0 Å². The number of aryl methyl sites for hydroxylation is 1. The molecule has 0 aliphatic heterocycles. The van der Waals surface area contributed by atoms with Gasteiger partial charge in [0.1, 0.15) is 11.6 Å². The highest BCUT2D eigenvalue weighted by Gasteiger charge is 2.06. The minimum absolute atomic E-state index is 0.0795. The van der Waals surface area contributed by atoms with Crippen LogP contribution in [0.1, 0.15) is 12.7 Å². The van der Waals surface area contributed by atoms with Gasteiger partial charge >= 0.3 is 0 Å². The number of aromatic nitrogens is 6. The topological polar surface area (TPSA) is 125 Å². The van der Waals surface area contributed by atoms with Crippen LogP contribution in [-0.4, -0.2) is 30.2 Å². The van der Waals surface area contributed by atoms with E-state index in [1.165, 1.54) is 12.5 Å². The van der Waals surface area contributed by atoms with Gasteiger partial charge < -0.3 is 5.32 Å². The average Bonchev–Trinajstić information content (AvgIpc) is 3.10.